The molecule has 10 nitrogen and oxygen atoms in total. The van der Waals surface area contributed by atoms with Gasteiger partial charge in [0.15, 0.2) is 11.0 Å². The molecule has 0 unspecified atom stereocenters. The van der Waals surface area contributed by atoms with Crippen LogP contribution in [0.3, 0.4) is 0 Å². The van der Waals surface area contributed by atoms with Crippen LogP contribution in [0.5, 0.6) is 5.75 Å². The summed E-state index contributed by atoms with van der Waals surface area (Å²) < 4.78 is 17.7. The van der Waals surface area contributed by atoms with Crippen molar-refractivity contribution in [3.63, 3.8) is 0 Å². The summed E-state index contributed by atoms with van der Waals surface area (Å²) >= 11 is 14.2. The summed E-state index contributed by atoms with van der Waals surface area (Å²) in [6.45, 7) is 9.50. The van der Waals surface area contributed by atoms with Gasteiger partial charge in [0, 0.05) is 11.6 Å². The first-order chi connectivity index (χ1) is 18.7. The molecule has 39 heavy (non-hydrogen) atoms. The Morgan fingerprint density at radius 3 is 2.54 bits per heavy atom. The molecule has 3 rings (SSSR count). The second-order valence-electron chi connectivity index (χ2n) is 7.70. The number of nitrogens with one attached hydrogen (secondary N) is 1. The number of anilines is 1. The number of esters is 2. The third kappa shape index (κ3) is 7.75. The summed E-state index contributed by atoms with van der Waals surface area (Å²) in [5, 5.41) is 12.6. The van der Waals surface area contributed by atoms with Crippen LogP contribution in [0.25, 0.3) is 0 Å². The average Bonchev–Trinajstić information content (AvgIpc) is 3.42. The molecule has 1 amide bonds. The molecule has 0 fully saturated rings. The van der Waals surface area contributed by atoms with Gasteiger partial charge in [0.25, 0.3) is 0 Å². The molecule has 0 aliphatic heterocycles. The minimum atomic E-state index is -0.638. The van der Waals surface area contributed by atoms with Crippen LogP contribution in [-0.2, 0) is 27.4 Å². The standard InChI is InChI=1S/C25H26Cl2N4O6S2/c1-5-10-31-18(12-37-17-9-8-15(26)11-16(17)27)29-30-25(31)38-13-19(32)28-22-20(23(33)35-6-2)14(4)21(39-22)24(34)36-7-3/h5,8-9,11H,1,6-7,10,12-13H2,2-4H3,(H,28,32). The van der Waals surface area contributed by atoms with E-state index in [0.29, 0.717) is 38.9 Å². The fraction of sp³-hybridized carbons (Fsp3) is 0.320. The molecule has 0 saturated heterocycles. The van der Waals surface area contributed by atoms with Crippen LogP contribution < -0.4 is 10.1 Å². The average molecular weight is 614 g/mol. The SMILES string of the molecule is C=CCn1c(COc2ccc(Cl)cc2Cl)nnc1SCC(=O)Nc1sc(C(=O)OCC)c(C)c1C(=O)OCC. The predicted octanol–water partition coefficient (Wildman–Crippen LogP) is 5.80. The quantitative estimate of drug-likeness (QED) is 0.145. The molecule has 0 aliphatic carbocycles. The number of thioether (sulfide) groups is 1. The fourth-order valence-corrected chi connectivity index (χ4v) is 5.65. The number of amides is 1. The van der Waals surface area contributed by atoms with E-state index >= 15 is 0 Å². The number of aromatic nitrogens is 3. The Morgan fingerprint density at radius 1 is 1.15 bits per heavy atom. The van der Waals surface area contributed by atoms with E-state index in [1.54, 1.807) is 49.6 Å². The first-order valence-corrected chi connectivity index (χ1v) is 14.3. The van der Waals surface area contributed by atoms with E-state index in [-0.39, 0.29) is 41.0 Å². The van der Waals surface area contributed by atoms with Crippen molar-refractivity contribution in [1.29, 1.82) is 0 Å². The van der Waals surface area contributed by atoms with Crippen LogP contribution in [0.4, 0.5) is 5.00 Å². The lowest BCUT2D eigenvalue weighted by atomic mass is 10.1. The van der Waals surface area contributed by atoms with Crippen molar-refractivity contribution in [2.75, 3.05) is 24.3 Å². The lowest BCUT2D eigenvalue weighted by Gasteiger charge is -2.10. The summed E-state index contributed by atoms with van der Waals surface area (Å²) in [6, 6.07) is 4.89. The van der Waals surface area contributed by atoms with Gasteiger partial charge in [0.1, 0.15) is 22.2 Å². The molecule has 0 saturated carbocycles. The Bertz CT molecular complexity index is 1370. The maximum atomic E-state index is 12.9. The minimum absolute atomic E-state index is 0.0485. The van der Waals surface area contributed by atoms with Gasteiger partial charge in [-0.05, 0) is 44.5 Å². The number of hydrogen-bond acceptors (Lipinski definition) is 10. The molecule has 0 radical (unpaired) electrons. The Labute approximate surface area is 243 Å². The molecule has 3 aromatic rings. The number of allylic oxidation sites excluding steroid dienone is 1. The molecule has 0 atom stereocenters. The lowest BCUT2D eigenvalue weighted by Crippen LogP contribution is -2.17. The third-order valence-electron chi connectivity index (χ3n) is 5.03. The van der Waals surface area contributed by atoms with Crippen molar-refractivity contribution < 1.29 is 28.6 Å². The molecule has 14 heteroatoms. The van der Waals surface area contributed by atoms with E-state index in [9.17, 15) is 14.4 Å². The van der Waals surface area contributed by atoms with Gasteiger partial charge >= 0.3 is 11.9 Å². The Morgan fingerprint density at radius 2 is 1.87 bits per heavy atom. The molecule has 2 heterocycles. The molecule has 0 aliphatic rings. The molecular weight excluding hydrogens is 587 g/mol. The van der Waals surface area contributed by atoms with Crippen molar-refractivity contribution in [2.24, 2.45) is 0 Å². The maximum absolute atomic E-state index is 12.9. The van der Waals surface area contributed by atoms with Crippen LogP contribution in [0.15, 0.2) is 36.0 Å². The molecule has 0 bridgehead atoms. The lowest BCUT2D eigenvalue weighted by molar-refractivity contribution is -0.113. The van der Waals surface area contributed by atoms with Gasteiger partial charge in [-0.3, -0.25) is 9.36 Å². The van der Waals surface area contributed by atoms with E-state index < -0.39 is 17.8 Å². The summed E-state index contributed by atoms with van der Waals surface area (Å²) in [6.07, 6.45) is 1.67. The van der Waals surface area contributed by atoms with Gasteiger partial charge in [-0.25, -0.2) is 9.59 Å². The largest absolute Gasteiger partial charge is 0.484 e. The number of carbonyl (C=O) groups is 3. The summed E-state index contributed by atoms with van der Waals surface area (Å²) in [5.74, 6) is -0.739. The zero-order valence-corrected chi connectivity index (χ0v) is 24.6. The molecule has 0 spiro atoms. The van der Waals surface area contributed by atoms with Crippen molar-refractivity contribution in [3.05, 3.63) is 62.7 Å². The second-order valence-corrected chi connectivity index (χ2v) is 10.5. The highest BCUT2D eigenvalue weighted by Gasteiger charge is 2.27. The van der Waals surface area contributed by atoms with Crippen LogP contribution >= 0.6 is 46.3 Å². The molecule has 1 aromatic carbocycles. The van der Waals surface area contributed by atoms with Gasteiger partial charge in [-0.1, -0.05) is 41.0 Å². The first kappa shape index (κ1) is 30.5. The Balaban J connectivity index is 1.73. The van der Waals surface area contributed by atoms with Gasteiger partial charge in [0.05, 0.1) is 29.6 Å². The maximum Gasteiger partial charge on any atom is 0.348 e. The van der Waals surface area contributed by atoms with Gasteiger partial charge in [0.2, 0.25) is 5.91 Å². The highest BCUT2D eigenvalue weighted by Crippen LogP contribution is 2.35. The highest BCUT2D eigenvalue weighted by atomic mass is 35.5. The number of hydrogen-bond donors (Lipinski definition) is 1. The number of benzene rings is 1. The predicted molar refractivity (Wildman–Crippen MR) is 151 cm³/mol. The van der Waals surface area contributed by atoms with E-state index in [4.69, 9.17) is 37.4 Å². The van der Waals surface area contributed by atoms with Crippen LogP contribution in [0.2, 0.25) is 10.0 Å². The molecule has 2 aromatic heterocycles. The summed E-state index contributed by atoms with van der Waals surface area (Å²) in [4.78, 5) is 38.0. The number of thiophene rings is 1. The van der Waals surface area contributed by atoms with Crippen LogP contribution in [0.1, 0.15) is 45.3 Å². The van der Waals surface area contributed by atoms with E-state index in [1.165, 1.54) is 0 Å². The number of halogens is 2. The van der Waals surface area contributed by atoms with Crippen LogP contribution in [-0.4, -0.2) is 51.6 Å². The van der Waals surface area contributed by atoms with Crippen molar-refractivity contribution in [3.8, 4) is 5.75 Å². The summed E-state index contributed by atoms with van der Waals surface area (Å²) in [7, 11) is 0. The Hall–Kier alpha value is -3.06. The topological polar surface area (TPSA) is 122 Å². The van der Waals surface area contributed by atoms with Crippen LogP contribution in [0, 0.1) is 6.92 Å². The van der Waals surface area contributed by atoms with Gasteiger partial charge < -0.3 is 19.5 Å². The molecular formula is C25H26Cl2N4O6S2. The fourth-order valence-electron chi connectivity index (χ4n) is 3.31. The Kier molecular flexibility index (Phi) is 11.2. The normalized spacial score (nSPS) is 10.7. The summed E-state index contributed by atoms with van der Waals surface area (Å²) in [5.41, 5.74) is 0.509. The van der Waals surface area contributed by atoms with Gasteiger partial charge in [-0.15, -0.1) is 28.1 Å². The highest BCUT2D eigenvalue weighted by molar-refractivity contribution is 7.99. The molecule has 1 N–H and O–H groups in total. The number of nitrogens with zero attached hydrogens (tertiary/aromatic N) is 3. The number of ether oxygens (including phenoxy) is 3. The van der Waals surface area contributed by atoms with E-state index in [1.807, 2.05) is 0 Å². The minimum Gasteiger partial charge on any atom is -0.484 e. The first-order valence-electron chi connectivity index (χ1n) is 11.7. The monoisotopic (exact) mass is 612 g/mol. The zero-order chi connectivity index (χ0) is 28.5. The van der Waals surface area contributed by atoms with Gasteiger partial charge in [-0.2, -0.15) is 0 Å². The smallest absolute Gasteiger partial charge is 0.348 e. The third-order valence-corrected chi connectivity index (χ3v) is 7.71. The molecule has 208 valence electrons. The van der Waals surface area contributed by atoms with Crippen molar-refractivity contribution >= 4 is 69.1 Å². The van der Waals surface area contributed by atoms with Crippen molar-refractivity contribution in [1.82, 2.24) is 14.8 Å². The number of carbonyl (C=O) groups excluding carboxylic acids is 3. The van der Waals surface area contributed by atoms with E-state index in [0.717, 1.165) is 23.1 Å². The van der Waals surface area contributed by atoms with Crippen molar-refractivity contribution in [2.45, 2.75) is 39.1 Å². The number of rotatable bonds is 13. The zero-order valence-electron chi connectivity index (χ0n) is 21.4. The van der Waals surface area contributed by atoms with E-state index in [2.05, 4.69) is 22.1 Å². The second kappa shape index (κ2) is 14.4.